The number of fused-ring (bicyclic) bond motifs is 1. The van der Waals surface area contributed by atoms with Gasteiger partial charge in [-0.1, -0.05) is 0 Å². The van der Waals surface area contributed by atoms with E-state index in [-0.39, 0.29) is 0 Å². The lowest BCUT2D eigenvalue weighted by Gasteiger charge is -2.36. The molecule has 1 fully saturated rings. The number of rotatable bonds is 3. The van der Waals surface area contributed by atoms with Gasteiger partial charge in [0.2, 0.25) is 0 Å². The average molecular weight is 309 g/mol. The summed E-state index contributed by atoms with van der Waals surface area (Å²) in [6, 6.07) is 3.98. The van der Waals surface area contributed by atoms with Crippen molar-refractivity contribution in [2.24, 2.45) is 0 Å². The molecule has 3 heterocycles. The van der Waals surface area contributed by atoms with Gasteiger partial charge in [0, 0.05) is 63.7 Å². The zero-order chi connectivity index (χ0) is 15.0. The Morgan fingerprint density at radius 2 is 1.90 bits per heavy atom. The molecule has 2 aromatic heterocycles. The number of aromatic amines is 1. The van der Waals surface area contributed by atoms with E-state index in [1.807, 2.05) is 18.3 Å². The maximum atomic E-state index is 12.1. The summed E-state index contributed by atoms with van der Waals surface area (Å²) < 4.78 is 27.0. The Morgan fingerprint density at radius 1 is 1.19 bits per heavy atom. The third-order valence-corrected chi connectivity index (χ3v) is 5.74. The number of nitrogens with zero attached hydrogens (tertiary/aromatic N) is 4. The summed E-state index contributed by atoms with van der Waals surface area (Å²) in [5.74, 6) is 0. The van der Waals surface area contributed by atoms with Gasteiger partial charge in [-0.05, 0) is 12.1 Å². The number of aromatic nitrogens is 2. The fraction of sp³-hybridized carbons (Fsp3) is 0.462. The van der Waals surface area contributed by atoms with Gasteiger partial charge in [0.15, 0.2) is 0 Å². The first-order valence-electron chi connectivity index (χ1n) is 6.85. The standard InChI is InChI=1S/C13H19N5O2S/c1-16(2)21(19,20)18-9-7-17(8-10-18)12-4-6-15-13-11(12)3-5-14-13/h3-6H,7-10H2,1-2H3,(H,14,15). The highest BCUT2D eigenvalue weighted by atomic mass is 32.2. The summed E-state index contributed by atoms with van der Waals surface area (Å²) in [5, 5.41) is 1.07. The molecule has 8 heteroatoms. The van der Waals surface area contributed by atoms with Crippen LogP contribution in [-0.4, -0.2) is 67.3 Å². The van der Waals surface area contributed by atoms with Crippen LogP contribution in [0.25, 0.3) is 11.0 Å². The molecule has 0 atom stereocenters. The van der Waals surface area contributed by atoms with Gasteiger partial charge >= 0.3 is 0 Å². The summed E-state index contributed by atoms with van der Waals surface area (Å²) >= 11 is 0. The Bertz CT molecular complexity index is 732. The van der Waals surface area contributed by atoms with E-state index in [1.165, 1.54) is 8.61 Å². The summed E-state index contributed by atoms with van der Waals surface area (Å²) in [7, 11) is -0.189. The maximum absolute atomic E-state index is 12.1. The largest absolute Gasteiger partial charge is 0.368 e. The van der Waals surface area contributed by atoms with Crippen molar-refractivity contribution >= 4 is 26.9 Å². The number of H-pyrrole nitrogens is 1. The van der Waals surface area contributed by atoms with Crippen molar-refractivity contribution in [3.8, 4) is 0 Å². The molecule has 0 radical (unpaired) electrons. The van der Waals surface area contributed by atoms with E-state index in [9.17, 15) is 8.42 Å². The zero-order valence-electron chi connectivity index (χ0n) is 12.2. The third kappa shape index (κ3) is 2.50. The minimum atomic E-state index is -3.32. The van der Waals surface area contributed by atoms with Crippen LogP contribution in [0.1, 0.15) is 0 Å². The molecule has 21 heavy (non-hydrogen) atoms. The first kappa shape index (κ1) is 14.3. The normalized spacial score (nSPS) is 17.8. The van der Waals surface area contributed by atoms with E-state index in [0.717, 1.165) is 16.7 Å². The number of pyridine rings is 1. The van der Waals surface area contributed by atoms with E-state index in [1.54, 1.807) is 20.3 Å². The second-order valence-corrected chi connectivity index (χ2v) is 7.39. The predicted molar refractivity (Wildman–Crippen MR) is 82.5 cm³/mol. The average Bonchev–Trinajstić information content (AvgIpc) is 2.95. The molecule has 7 nitrogen and oxygen atoms in total. The van der Waals surface area contributed by atoms with Crippen molar-refractivity contribution in [1.29, 1.82) is 0 Å². The maximum Gasteiger partial charge on any atom is 0.281 e. The molecule has 1 aliphatic heterocycles. The minimum absolute atomic E-state index is 0.495. The minimum Gasteiger partial charge on any atom is -0.368 e. The quantitative estimate of drug-likeness (QED) is 0.896. The lowest BCUT2D eigenvalue weighted by atomic mass is 10.2. The molecular formula is C13H19N5O2S. The Balaban J connectivity index is 1.79. The predicted octanol–water partition coefficient (Wildman–Crippen LogP) is 0.491. The molecule has 114 valence electrons. The van der Waals surface area contributed by atoms with Crippen LogP contribution in [0.4, 0.5) is 5.69 Å². The first-order chi connectivity index (χ1) is 10.00. The van der Waals surface area contributed by atoms with Crippen LogP contribution in [0.2, 0.25) is 0 Å². The number of hydrogen-bond acceptors (Lipinski definition) is 4. The van der Waals surface area contributed by atoms with Crippen LogP contribution in [0.15, 0.2) is 24.5 Å². The van der Waals surface area contributed by atoms with Crippen molar-refractivity contribution in [2.45, 2.75) is 0 Å². The van der Waals surface area contributed by atoms with Crippen molar-refractivity contribution in [2.75, 3.05) is 45.2 Å². The van der Waals surface area contributed by atoms with E-state index < -0.39 is 10.2 Å². The van der Waals surface area contributed by atoms with Crippen LogP contribution in [0, 0.1) is 0 Å². The second kappa shape index (κ2) is 5.28. The molecule has 1 aliphatic rings. The molecule has 0 aromatic carbocycles. The van der Waals surface area contributed by atoms with Gasteiger partial charge in [-0.2, -0.15) is 17.0 Å². The molecule has 0 bridgehead atoms. The highest BCUT2D eigenvalue weighted by Gasteiger charge is 2.29. The van der Waals surface area contributed by atoms with Crippen molar-refractivity contribution in [3.05, 3.63) is 24.5 Å². The van der Waals surface area contributed by atoms with Crippen molar-refractivity contribution < 1.29 is 8.42 Å². The van der Waals surface area contributed by atoms with Crippen molar-refractivity contribution in [3.63, 3.8) is 0 Å². The SMILES string of the molecule is CN(C)S(=O)(=O)N1CCN(c2ccnc3[nH]ccc23)CC1. The zero-order valence-corrected chi connectivity index (χ0v) is 13.0. The van der Waals surface area contributed by atoms with E-state index in [2.05, 4.69) is 14.9 Å². The highest BCUT2D eigenvalue weighted by molar-refractivity contribution is 7.86. The Kier molecular flexibility index (Phi) is 3.60. The summed E-state index contributed by atoms with van der Waals surface area (Å²) in [6.45, 7) is 2.35. The van der Waals surface area contributed by atoms with Crippen LogP contribution in [0.3, 0.4) is 0 Å². The van der Waals surface area contributed by atoms with Gasteiger partial charge < -0.3 is 9.88 Å². The number of anilines is 1. The smallest absolute Gasteiger partial charge is 0.281 e. The molecule has 0 aliphatic carbocycles. The molecule has 2 aromatic rings. The van der Waals surface area contributed by atoms with Gasteiger partial charge in [0.05, 0.1) is 0 Å². The summed E-state index contributed by atoms with van der Waals surface area (Å²) in [4.78, 5) is 9.58. The Labute approximate surface area is 124 Å². The van der Waals surface area contributed by atoms with Crippen LogP contribution >= 0.6 is 0 Å². The number of piperazine rings is 1. The van der Waals surface area contributed by atoms with Gasteiger partial charge in [-0.3, -0.25) is 0 Å². The number of hydrogen-bond donors (Lipinski definition) is 1. The molecule has 3 rings (SSSR count). The fourth-order valence-electron chi connectivity index (χ4n) is 2.61. The lowest BCUT2D eigenvalue weighted by Crippen LogP contribution is -2.51. The van der Waals surface area contributed by atoms with Crippen LogP contribution < -0.4 is 4.90 Å². The Morgan fingerprint density at radius 3 is 2.57 bits per heavy atom. The Hall–Kier alpha value is -1.64. The van der Waals surface area contributed by atoms with Gasteiger partial charge in [-0.25, -0.2) is 4.98 Å². The molecular weight excluding hydrogens is 290 g/mol. The molecule has 0 unspecified atom stereocenters. The van der Waals surface area contributed by atoms with Gasteiger partial charge in [0.1, 0.15) is 5.65 Å². The monoisotopic (exact) mass is 309 g/mol. The van der Waals surface area contributed by atoms with Crippen molar-refractivity contribution in [1.82, 2.24) is 18.6 Å². The number of nitrogens with one attached hydrogen (secondary N) is 1. The van der Waals surface area contributed by atoms with Gasteiger partial charge in [0.25, 0.3) is 10.2 Å². The lowest BCUT2D eigenvalue weighted by molar-refractivity contribution is 0.356. The van der Waals surface area contributed by atoms with Crippen LogP contribution in [-0.2, 0) is 10.2 Å². The molecule has 0 amide bonds. The molecule has 0 saturated carbocycles. The summed E-state index contributed by atoms with van der Waals surface area (Å²) in [5.41, 5.74) is 1.96. The molecule has 0 spiro atoms. The first-order valence-corrected chi connectivity index (χ1v) is 8.24. The van der Waals surface area contributed by atoms with E-state index in [0.29, 0.717) is 26.2 Å². The van der Waals surface area contributed by atoms with Gasteiger partial charge in [-0.15, -0.1) is 0 Å². The molecule has 1 N–H and O–H groups in total. The fourth-order valence-corrected chi connectivity index (χ4v) is 3.70. The second-order valence-electron chi connectivity index (χ2n) is 5.25. The highest BCUT2D eigenvalue weighted by Crippen LogP contribution is 2.26. The molecule has 1 saturated heterocycles. The summed E-state index contributed by atoms with van der Waals surface area (Å²) in [6.07, 6.45) is 3.64. The van der Waals surface area contributed by atoms with Crippen LogP contribution in [0.5, 0.6) is 0 Å². The van der Waals surface area contributed by atoms with E-state index in [4.69, 9.17) is 0 Å². The van der Waals surface area contributed by atoms with E-state index >= 15 is 0 Å². The topological polar surface area (TPSA) is 72.5 Å². The third-order valence-electron chi connectivity index (χ3n) is 3.80.